The van der Waals surface area contributed by atoms with E-state index < -0.39 is 0 Å². The van der Waals surface area contributed by atoms with E-state index in [1.54, 1.807) is 0 Å². The van der Waals surface area contributed by atoms with Crippen molar-refractivity contribution in [1.29, 1.82) is 0 Å². The molecule has 3 N–H and O–H groups in total. The zero-order valence-corrected chi connectivity index (χ0v) is 12.0. The van der Waals surface area contributed by atoms with Crippen LogP contribution in [-0.2, 0) is 4.74 Å². The summed E-state index contributed by atoms with van der Waals surface area (Å²) in [7, 11) is 0. The Morgan fingerprint density at radius 3 is 2.90 bits per heavy atom. The van der Waals surface area contributed by atoms with E-state index in [1.807, 2.05) is 12.1 Å². The number of fused-ring (bicyclic) bond motifs is 1. The van der Waals surface area contributed by atoms with E-state index in [-0.39, 0.29) is 17.3 Å². The SMILES string of the molecule is CCNC(c1ccc2[nH]c(=O)[nH]c2c1)C1(C)CCCO1. The Kier molecular flexibility index (Phi) is 3.40. The van der Waals surface area contributed by atoms with Crippen molar-refractivity contribution in [3.8, 4) is 0 Å². The van der Waals surface area contributed by atoms with Crippen molar-refractivity contribution in [3.05, 3.63) is 34.2 Å². The molecule has 2 unspecified atom stereocenters. The summed E-state index contributed by atoms with van der Waals surface area (Å²) in [5.74, 6) is 0. The predicted octanol–water partition coefficient (Wildman–Crippen LogP) is 2.08. The molecule has 0 spiro atoms. The van der Waals surface area contributed by atoms with Gasteiger partial charge in [0.25, 0.3) is 0 Å². The number of nitrogens with one attached hydrogen (secondary N) is 3. The van der Waals surface area contributed by atoms with E-state index >= 15 is 0 Å². The fraction of sp³-hybridized carbons (Fsp3) is 0.533. The molecule has 1 aromatic carbocycles. The van der Waals surface area contributed by atoms with Crippen molar-refractivity contribution < 1.29 is 4.74 Å². The zero-order chi connectivity index (χ0) is 14.2. The van der Waals surface area contributed by atoms with E-state index in [9.17, 15) is 4.79 Å². The third-order valence-electron chi connectivity index (χ3n) is 4.14. The number of imidazole rings is 1. The van der Waals surface area contributed by atoms with Gasteiger partial charge in [0.15, 0.2) is 0 Å². The fourth-order valence-electron chi connectivity index (χ4n) is 3.15. The molecule has 0 radical (unpaired) electrons. The standard InChI is InChI=1S/C15H21N3O2/c1-3-16-13(15(2)7-4-8-20-15)10-5-6-11-12(9-10)18-14(19)17-11/h5-6,9,13,16H,3-4,7-8H2,1-2H3,(H2,17,18,19). The van der Waals surface area contributed by atoms with Crippen LogP contribution < -0.4 is 11.0 Å². The topological polar surface area (TPSA) is 69.9 Å². The van der Waals surface area contributed by atoms with Gasteiger partial charge in [0.05, 0.1) is 22.7 Å². The number of hydrogen-bond acceptors (Lipinski definition) is 3. The maximum atomic E-state index is 11.4. The largest absolute Gasteiger partial charge is 0.373 e. The summed E-state index contributed by atoms with van der Waals surface area (Å²) in [6.45, 7) is 5.96. The predicted molar refractivity (Wildman–Crippen MR) is 78.9 cm³/mol. The van der Waals surface area contributed by atoms with Gasteiger partial charge in [-0.25, -0.2) is 4.79 Å². The minimum Gasteiger partial charge on any atom is -0.373 e. The van der Waals surface area contributed by atoms with Gasteiger partial charge >= 0.3 is 5.69 Å². The van der Waals surface area contributed by atoms with Gasteiger partial charge in [0.2, 0.25) is 0 Å². The van der Waals surface area contributed by atoms with Crippen molar-refractivity contribution in [1.82, 2.24) is 15.3 Å². The second-order valence-corrected chi connectivity index (χ2v) is 5.64. The van der Waals surface area contributed by atoms with Crippen LogP contribution in [0.1, 0.15) is 38.3 Å². The first-order chi connectivity index (χ1) is 9.62. The molecule has 1 saturated heterocycles. The molecule has 5 heteroatoms. The molecule has 5 nitrogen and oxygen atoms in total. The lowest BCUT2D eigenvalue weighted by atomic mass is 9.87. The molecule has 2 atom stereocenters. The Bertz CT molecular complexity index is 652. The molecule has 2 heterocycles. The normalized spacial score (nSPS) is 24.3. The van der Waals surface area contributed by atoms with Gasteiger partial charge in [-0.3, -0.25) is 0 Å². The molecule has 1 aliphatic rings. The Morgan fingerprint density at radius 2 is 2.20 bits per heavy atom. The van der Waals surface area contributed by atoms with Crippen LogP contribution in [0, 0.1) is 0 Å². The number of hydrogen-bond donors (Lipinski definition) is 3. The maximum Gasteiger partial charge on any atom is 0.323 e. The molecule has 1 fully saturated rings. The van der Waals surface area contributed by atoms with Crippen LogP contribution in [0.3, 0.4) is 0 Å². The van der Waals surface area contributed by atoms with E-state index in [0.717, 1.165) is 42.6 Å². The molecule has 0 aliphatic carbocycles. The maximum absolute atomic E-state index is 11.4. The summed E-state index contributed by atoms with van der Waals surface area (Å²) in [5, 5.41) is 3.53. The Labute approximate surface area is 117 Å². The number of likely N-dealkylation sites (N-methyl/N-ethyl adjacent to an activating group) is 1. The minimum atomic E-state index is -0.180. The van der Waals surface area contributed by atoms with Crippen LogP contribution in [0.5, 0.6) is 0 Å². The Balaban J connectivity index is 2.01. The third kappa shape index (κ3) is 2.27. The molecule has 20 heavy (non-hydrogen) atoms. The van der Waals surface area contributed by atoms with Crippen molar-refractivity contribution in [3.63, 3.8) is 0 Å². The number of aromatic nitrogens is 2. The van der Waals surface area contributed by atoms with Crippen molar-refractivity contribution in [2.24, 2.45) is 0 Å². The molecule has 108 valence electrons. The monoisotopic (exact) mass is 275 g/mol. The van der Waals surface area contributed by atoms with Crippen molar-refractivity contribution in [2.45, 2.75) is 38.3 Å². The first-order valence-electron chi connectivity index (χ1n) is 7.22. The van der Waals surface area contributed by atoms with Crippen LogP contribution in [0.4, 0.5) is 0 Å². The van der Waals surface area contributed by atoms with Crippen LogP contribution in [0.2, 0.25) is 0 Å². The first kappa shape index (κ1) is 13.4. The van der Waals surface area contributed by atoms with Gasteiger partial charge in [0, 0.05) is 6.61 Å². The van der Waals surface area contributed by atoms with E-state index in [4.69, 9.17) is 4.74 Å². The lowest BCUT2D eigenvalue weighted by Crippen LogP contribution is -2.41. The Morgan fingerprint density at radius 1 is 1.40 bits per heavy atom. The van der Waals surface area contributed by atoms with Gasteiger partial charge in [-0.2, -0.15) is 0 Å². The summed E-state index contributed by atoms with van der Waals surface area (Å²) in [6.07, 6.45) is 2.15. The average Bonchev–Trinajstić information content (AvgIpc) is 3.00. The molecule has 1 aliphatic heterocycles. The lowest BCUT2D eigenvalue weighted by molar-refractivity contribution is -0.0120. The molecular formula is C15H21N3O2. The van der Waals surface area contributed by atoms with Crippen LogP contribution in [0.15, 0.2) is 23.0 Å². The lowest BCUT2D eigenvalue weighted by Gasteiger charge is -2.34. The number of ether oxygens (including phenoxy) is 1. The molecular weight excluding hydrogens is 254 g/mol. The number of rotatable bonds is 4. The number of benzene rings is 1. The quantitative estimate of drug-likeness (QED) is 0.800. The van der Waals surface area contributed by atoms with Crippen molar-refractivity contribution >= 4 is 11.0 Å². The summed E-state index contributed by atoms with van der Waals surface area (Å²) in [6, 6.07) is 6.18. The third-order valence-corrected chi connectivity index (χ3v) is 4.14. The summed E-state index contributed by atoms with van der Waals surface area (Å²) in [5.41, 5.74) is 2.49. The second-order valence-electron chi connectivity index (χ2n) is 5.64. The summed E-state index contributed by atoms with van der Waals surface area (Å²) in [4.78, 5) is 17.0. The van der Waals surface area contributed by atoms with Crippen LogP contribution >= 0.6 is 0 Å². The highest BCUT2D eigenvalue weighted by Crippen LogP contribution is 2.37. The van der Waals surface area contributed by atoms with Gasteiger partial charge < -0.3 is 20.0 Å². The number of H-pyrrole nitrogens is 2. The molecule has 3 rings (SSSR count). The van der Waals surface area contributed by atoms with Crippen LogP contribution in [-0.4, -0.2) is 28.7 Å². The average molecular weight is 275 g/mol. The van der Waals surface area contributed by atoms with Crippen molar-refractivity contribution in [2.75, 3.05) is 13.2 Å². The minimum absolute atomic E-state index is 0.137. The van der Waals surface area contributed by atoms with Gasteiger partial charge in [-0.05, 0) is 44.0 Å². The zero-order valence-electron chi connectivity index (χ0n) is 12.0. The Hall–Kier alpha value is -1.59. The molecule has 0 saturated carbocycles. The van der Waals surface area contributed by atoms with E-state index in [1.165, 1.54) is 0 Å². The molecule has 2 aromatic rings. The highest BCUT2D eigenvalue weighted by atomic mass is 16.5. The van der Waals surface area contributed by atoms with Gasteiger partial charge in [-0.1, -0.05) is 13.0 Å². The first-order valence-corrected chi connectivity index (χ1v) is 7.22. The van der Waals surface area contributed by atoms with E-state index in [0.29, 0.717) is 0 Å². The van der Waals surface area contributed by atoms with E-state index in [2.05, 4.69) is 35.2 Å². The summed E-state index contributed by atoms with van der Waals surface area (Å²) >= 11 is 0. The molecule has 0 amide bonds. The molecule has 1 aromatic heterocycles. The van der Waals surface area contributed by atoms with Crippen LogP contribution in [0.25, 0.3) is 11.0 Å². The smallest absolute Gasteiger partial charge is 0.323 e. The molecule has 0 bridgehead atoms. The highest BCUT2D eigenvalue weighted by Gasteiger charge is 2.38. The highest BCUT2D eigenvalue weighted by molar-refractivity contribution is 5.75. The fourth-order valence-corrected chi connectivity index (χ4v) is 3.15. The summed E-state index contributed by atoms with van der Waals surface area (Å²) < 4.78 is 5.98. The van der Waals surface area contributed by atoms with Gasteiger partial charge in [0.1, 0.15) is 0 Å². The number of aromatic amines is 2. The second kappa shape index (κ2) is 5.07. The van der Waals surface area contributed by atoms with Gasteiger partial charge in [-0.15, -0.1) is 0 Å².